The quantitative estimate of drug-likeness (QED) is 0.437. The molecule has 0 aliphatic heterocycles. The SMILES string of the molecule is CCC(C[CH]C1CC(C)CCC1C(C)C)C1CC(C)CCC1C(C)C. The van der Waals surface area contributed by atoms with E-state index < -0.39 is 0 Å². The molecule has 147 valence electrons. The van der Waals surface area contributed by atoms with Crippen molar-refractivity contribution in [1.82, 2.24) is 0 Å². The Balaban J connectivity index is 1.99. The molecule has 2 fully saturated rings. The van der Waals surface area contributed by atoms with Gasteiger partial charge in [-0.15, -0.1) is 0 Å². The zero-order valence-corrected chi connectivity index (χ0v) is 18.4. The molecule has 2 aliphatic carbocycles. The van der Waals surface area contributed by atoms with Crippen LogP contribution in [-0.2, 0) is 0 Å². The molecule has 0 aromatic rings. The molecular weight excluding hydrogens is 300 g/mol. The largest absolute Gasteiger partial charge is 0.0651 e. The summed E-state index contributed by atoms with van der Waals surface area (Å²) in [5.74, 6) is 8.32. The molecule has 0 nitrogen and oxygen atoms in total. The molecule has 0 heteroatoms. The van der Waals surface area contributed by atoms with Crippen LogP contribution < -0.4 is 0 Å². The first-order valence-electron chi connectivity index (χ1n) is 11.7. The molecule has 2 saturated carbocycles. The van der Waals surface area contributed by atoms with Crippen LogP contribution in [0, 0.1) is 59.7 Å². The van der Waals surface area contributed by atoms with E-state index in [-0.39, 0.29) is 0 Å². The van der Waals surface area contributed by atoms with Gasteiger partial charge >= 0.3 is 0 Å². The Hall–Kier alpha value is 0. The normalized spacial score (nSPS) is 38.3. The molecule has 0 saturated heterocycles. The molecule has 2 rings (SSSR count). The fraction of sp³-hybridized carbons (Fsp3) is 0.960. The van der Waals surface area contributed by atoms with Crippen molar-refractivity contribution in [2.24, 2.45) is 53.3 Å². The summed E-state index contributed by atoms with van der Waals surface area (Å²) in [6, 6.07) is 0. The third kappa shape index (κ3) is 5.74. The smallest absolute Gasteiger partial charge is 0.0349 e. The predicted molar refractivity (Wildman–Crippen MR) is 112 cm³/mol. The van der Waals surface area contributed by atoms with E-state index in [0.717, 1.165) is 53.3 Å². The van der Waals surface area contributed by atoms with Crippen molar-refractivity contribution in [2.45, 2.75) is 99.8 Å². The van der Waals surface area contributed by atoms with Gasteiger partial charge in [0.2, 0.25) is 0 Å². The zero-order chi connectivity index (χ0) is 18.6. The minimum Gasteiger partial charge on any atom is -0.0651 e. The summed E-state index contributed by atoms with van der Waals surface area (Å²) in [4.78, 5) is 0. The van der Waals surface area contributed by atoms with E-state index in [9.17, 15) is 0 Å². The highest BCUT2D eigenvalue weighted by Gasteiger charge is 2.36. The highest BCUT2D eigenvalue weighted by atomic mass is 14.4. The molecule has 0 aromatic carbocycles. The minimum absolute atomic E-state index is 0.854. The number of hydrogen-bond donors (Lipinski definition) is 0. The Morgan fingerprint density at radius 1 is 0.760 bits per heavy atom. The van der Waals surface area contributed by atoms with Crippen molar-refractivity contribution in [3.8, 4) is 0 Å². The molecule has 0 amide bonds. The third-order valence-corrected chi connectivity index (χ3v) is 8.02. The molecule has 7 unspecified atom stereocenters. The van der Waals surface area contributed by atoms with Gasteiger partial charge in [-0.05, 0) is 91.8 Å². The fourth-order valence-corrected chi connectivity index (χ4v) is 6.36. The van der Waals surface area contributed by atoms with Gasteiger partial charge in [-0.1, -0.05) is 67.7 Å². The molecule has 2 aliphatic rings. The van der Waals surface area contributed by atoms with E-state index >= 15 is 0 Å². The van der Waals surface area contributed by atoms with Crippen LogP contribution in [0.2, 0.25) is 0 Å². The highest BCUT2D eigenvalue weighted by molar-refractivity contribution is 4.93. The second-order valence-electron chi connectivity index (χ2n) is 10.6. The van der Waals surface area contributed by atoms with Gasteiger partial charge in [0.25, 0.3) is 0 Å². The minimum atomic E-state index is 0.854. The van der Waals surface area contributed by atoms with Crippen molar-refractivity contribution in [2.75, 3.05) is 0 Å². The van der Waals surface area contributed by atoms with E-state index in [1.54, 1.807) is 0 Å². The van der Waals surface area contributed by atoms with Gasteiger partial charge in [-0.3, -0.25) is 0 Å². The Bertz CT molecular complexity index is 368. The summed E-state index contributed by atoms with van der Waals surface area (Å²) in [5, 5.41) is 0. The lowest BCUT2D eigenvalue weighted by Crippen LogP contribution is -2.34. The van der Waals surface area contributed by atoms with Crippen LogP contribution in [0.4, 0.5) is 0 Å². The summed E-state index contributed by atoms with van der Waals surface area (Å²) >= 11 is 0. The van der Waals surface area contributed by atoms with E-state index in [4.69, 9.17) is 0 Å². The van der Waals surface area contributed by atoms with Crippen molar-refractivity contribution in [3.63, 3.8) is 0 Å². The molecule has 1 radical (unpaired) electrons. The van der Waals surface area contributed by atoms with Crippen LogP contribution in [0.25, 0.3) is 0 Å². The Morgan fingerprint density at radius 3 is 1.88 bits per heavy atom. The topological polar surface area (TPSA) is 0 Å². The van der Waals surface area contributed by atoms with Gasteiger partial charge in [0.1, 0.15) is 0 Å². The van der Waals surface area contributed by atoms with Crippen molar-refractivity contribution in [1.29, 1.82) is 0 Å². The maximum atomic E-state index is 2.81. The summed E-state index contributed by atoms with van der Waals surface area (Å²) in [6.45, 7) is 17.3. The predicted octanol–water partition coefficient (Wildman–Crippen LogP) is 8.02. The Kier molecular flexibility index (Phi) is 8.35. The van der Waals surface area contributed by atoms with Crippen LogP contribution in [0.3, 0.4) is 0 Å². The maximum absolute atomic E-state index is 2.81. The first-order chi connectivity index (χ1) is 11.8. The van der Waals surface area contributed by atoms with Crippen LogP contribution in [0.15, 0.2) is 0 Å². The van der Waals surface area contributed by atoms with Crippen LogP contribution >= 0.6 is 0 Å². The van der Waals surface area contributed by atoms with Gasteiger partial charge in [0.05, 0.1) is 0 Å². The van der Waals surface area contributed by atoms with Crippen LogP contribution in [-0.4, -0.2) is 0 Å². The molecule has 25 heavy (non-hydrogen) atoms. The average molecular weight is 348 g/mol. The molecule has 0 heterocycles. The summed E-state index contributed by atoms with van der Waals surface area (Å²) in [7, 11) is 0. The van der Waals surface area contributed by atoms with Crippen molar-refractivity contribution in [3.05, 3.63) is 6.42 Å². The fourth-order valence-electron chi connectivity index (χ4n) is 6.36. The molecule has 0 spiro atoms. The molecule has 7 atom stereocenters. The monoisotopic (exact) mass is 347 g/mol. The van der Waals surface area contributed by atoms with Crippen LogP contribution in [0.1, 0.15) is 99.8 Å². The molecular formula is C25H47. The van der Waals surface area contributed by atoms with E-state index in [1.807, 2.05) is 0 Å². The molecule has 0 N–H and O–H groups in total. The average Bonchev–Trinajstić information content (AvgIpc) is 2.55. The summed E-state index contributed by atoms with van der Waals surface area (Å²) < 4.78 is 0. The molecule has 0 aromatic heterocycles. The maximum Gasteiger partial charge on any atom is -0.0349 e. The lowest BCUT2D eigenvalue weighted by molar-refractivity contribution is 0.0835. The Labute approximate surface area is 159 Å². The lowest BCUT2D eigenvalue weighted by atomic mass is 9.62. The van der Waals surface area contributed by atoms with Crippen molar-refractivity contribution < 1.29 is 0 Å². The summed E-state index contributed by atoms with van der Waals surface area (Å²) in [5.41, 5.74) is 0. The zero-order valence-electron chi connectivity index (χ0n) is 18.4. The first kappa shape index (κ1) is 21.3. The number of rotatable bonds is 7. The van der Waals surface area contributed by atoms with Gasteiger partial charge in [0.15, 0.2) is 0 Å². The standard InChI is InChI=1S/C25H47/c1-8-21(25-16-20(7)10-14-24(25)18(4)5)11-12-22-15-19(6)9-13-23(22)17(2)3/h12,17-25H,8-11,13-16H2,1-7H3. The van der Waals surface area contributed by atoms with Crippen LogP contribution in [0.5, 0.6) is 0 Å². The Morgan fingerprint density at radius 2 is 1.32 bits per heavy atom. The molecule has 0 bridgehead atoms. The first-order valence-corrected chi connectivity index (χ1v) is 11.7. The second-order valence-corrected chi connectivity index (χ2v) is 10.6. The number of hydrogen-bond acceptors (Lipinski definition) is 0. The van der Waals surface area contributed by atoms with Gasteiger partial charge < -0.3 is 0 Å². The van der Waals surface area contributed by atoms with E-state index in [0.29, 0.717) is 0 Å². The van der Waals surface area contributed by atoms with Crippen molar-refractivity contribution >= 4 is 0 Å². The van der Waals surface area contributed by atoms with E-state index in [2.05, 4.69) is 54.9 Å². The van der Waals surface area contributed by atoms with Gasteiger partial charge in [0, 0.05) is 0 Å². The third-order valence-electron chi connectivity index (χ3n) is 8.02. The summed E-state index contributed by atoms with van der Waals surface area (Å²) in [6.07, 6.45) is 14.4. The van der Waals surface area contributed by atoms with E-state index in [1.165, 1.54) is 51.4 Å². The van der Waals surface area contributed by atoms with Gasteiger partial charge in [-0.25, -0.2) is 0 Å². The lowest BCUT2D eigenvalue weighted by Gasteiger charge is -2.43. The van der Waals surface area contributed by atoms with Gasteiger partial charge in [-0.2, -0.15) is 0 Å². The second kappa shape index (κ2) is 9.80. The highest BCUT2D eigenvalue weighted by Crippen LogP contribution is 2.46.